The predicted octanol–water partition coefficient (Wildman–Crippen LogP) is 1.95. The molecular formula is C17H17NO6S. The van der Waals surface area contributed by atoms with E-state index in [0.717, 1.165) is 11.1 Å². The molecule has 0 fully saturated rings. The third-order valence-electron chi connectivity index (χ3n) is 3.51. The lowest BCUT2D eigenvalue weighted by Crippen LogP contribution is -2.41. The molecule has 0 amide bonds. The monoisotopic (exact) mass is 363 g/mol. The molecule has 0 heterocycles. The van der Waals surface area contributed by atoms with Crippen LogP contribution in [0.4, 0.5) is 0 Å². The lowest BCUT2D eigenvalue weighted by atomic mass is 10.1. The van der Waals surface area contributed by atoms with Crippen molar-refractivity contribution in [3.05, 3.63) is 54.6 Å². The van der Waals surface area contributed by atoms with E-state index < -0.39 is 34.4 Å². The molecule has 2 aromatic carbocycles. The Labute approximate surface area is 145 Å². The highest BCUT2D eigenvalue weighted by molar-refractivity contribution is 7.89. The van der Waals surface area contributed by atoms with Crippen LogP contribution in [0.15, 0.2) is 59.5 Å². The second-order valence-electron chi connectivity index (χ2n) is 5.33. The first-order chi connectivity index (χ1) is 11.8. The number of carbonyl (C=O) groups is 2. The van der Waals surface area contributed by atoms with Crippen molar-refractivity contribution in [1.29, 1.82) is 0 Å². The van der Waals surface area contributed by atoms with E-state index in [0.29, 0.717) is 0 Å². The fraction of sp³-hybridized carbons (Fsp3) is 0.176. The van der Waals surface area contributed by atoms with E-state index in [9.17, 15) is 18.0 Å². The molecule has 0 saturated heterocycles. The SMILES string of the molecule is O=C(O)CC[C@@H](NS(=O)(=O)c1ccc(-c2ccccc2)cc1)C(=O)O. The van der Waals surface area contributed by atoms with E-state index >= 15 is 0 Å². The van der Waals surface area contributed by atoms with Crippen LogP contribution in [0.2, 0.25) is 0 Å². The van der Waals surface area contributed by atoms with Gasteiger partial charge in [0.25, 0.3) is 0 Å². The van der Waals surface area contributed by atoms with Crippen molar-refractivity contribution in [1.82, 2.24) is 4.72 Å². The number of carboxylic acids is 2. The van der Waals surface area contributed by atoms with Gasteiger partial charge in [-0.3, -0.25) is 9.59 Å². The summed E-state index contributed by atoms with van der Waals surface area (Å²) < 4.78 is 26.7. The molecule has 3 N–H and O–H groups in total. The third-order valence-corrected chi connectivity index (χ3v) is 5.00. The molecule has 132 valence electrons. The summed E-state index contributed by atoms with van der Waals surface area (Å²) in [5.74, 6) is -2.62. The molecule has 2 rings (SSSR count). The molecular weight excluding hydrogens is 346 g/mol. The van der Waals surface area contributed by atoms with Crippen LogP contribution in [-0.2, 0) is 19.6 Å². The number of aliphatic carboxylic acids is 2. The predicted molar refractivity (Wildman–Crippen MR) is 90.5 cm³/mol. The summed E-state index contributed by atoms with van der Waals surface area (Å²) >= 11 is 0. The van der Waals surface area contributed by atoms with Gasteiger partial charge in [0, 0.05) is 6.42 Å². The summed E-state index contributed by atoms with van der Waals surface area (Å²) in [7, 11) is -4.08. The Morgan fingerprint density at radius 1 is 0.920 bits per heavy atom. The van der Waals surface area contributed by atoms with Crippen molar-refractivity contribution in [2.45, 2.75) is 23.8 Å². The van der Waals surface area contributed by atoms with Crippen LogP contribution in [0.5, 0.6) is 0 Å². The Bertz CT molecular complexity index is 846. The maximum absolute atomic E-state index is 12.3. The van der Waals surface area contributed by atoms with Crippen molar-refractivity contribution in [3.8, 4) is 11.1 Å². The Hall–Kier alpha value is -2.71. The fourth-order valence-corrected chi connectivity index (χ4v) is 3.44. The van der Waals surface area contributed by atoms with E-state index in [4.69, 9.17) is 10.2 Å². The summed E-state index contributed by atoms with van der Waals surface area (Å²) in [5, 5.41) is 17.7. The van der Waals surface area contributed by atoms with Gasteiger partial charge in [-0.15, -0.1) is 0 Å². The first-order valence-electron chi connectivity index (χ1n) is 7.42. The fourth-order valence-electron chi connectivity index (χ4n) is 2.21. The van der Waals surface area contributed by atoms with Crippen LogP contribution >= 0.6 is 0 Å². The summed E-state index contributed by atoms with van der Waals surface area (Å²) in [6.07, 6.45) is -0.793. The Morgan fingerprint density at radius 3 is 2.00 bits per heavy atom. The quantitative estimate of drug-likeness (QED) is 0.659. The number of rotatable bonds is 8. The zero-order valence-corrected chi connectivity index (χ0v) is 13.9. The van der Waals surface area contributed by atoms with Crippen LogP contribution < -0.4 is 4.72 Å². The zero-order valence-electron chi connectivity index (χ0n) is 13.1. The highest BCUT2D eigenvalue weighted by Gasteiger charge is 2.25. The number of sulfonamides is 1. The van der Waals surface area contributed by atoms with Gasteiger partial charge in [-0.1, -0.05) is 42.5 Å². The highest BCUT2D eigenvalue weighted by atomic mass is 32.2. The van der Waals surface area contributed by atoms with Gasteiger partial charge in [0.2, 0.25) is 10.0 Å². The Balaban J connectivity index is 2.18. The molecule has 1 atom stereocenters. The van der Waals surface area contributed by atoms with Gasteiger partial charge < -0.3 is 10.2 Å². The second kappa shape index (κ2) is 7.91. The Morgan fingerprint density at radius 2 is 1.48 bits per heavy atom. The van der Waals surface area contributed by atoms with Crippen molar-refractivity contribution in [2.75, 3.05) is 0 Å². The lowest BCUT2D eigenvalue weighted by Gasteiger charge is -2.14. The normalized spacial score (nSPS) is 12.5. The third kappa shape index (κ3) is 5.13. The van der Waals surface area contributed by atoms with Gasteiger partial charge in [0.15, 0.2) is 0 Å². The minimum Gasteiger partial charge on any atom is -0.481 e. The van der Waals surface area contributed by atoms with Crippen molar-refractivity contribution in [3.63, 3.8) is 0 Å². The van der Waals surface area contributed by atoms with Crippen molar-refractivity contribution >= 4 is 22.0 Å². The van der Waals surface area contributed by atoms with Gasteiger partial charge in [-0.25, -0.2) is 8.42 Å². The maximum atomic E-state index is 12.3. The van der Waals surface area contributed by atoms with Crippen LogP contribution in [0.1, 0.15) is 12.8 Å². The molecule has 0 spiro atoms. The molecule has 2 aromatic rings. The molecule has 0 radical (unpaired) electrons. The number of benzene rings is 2. The van der Waals surface area contributed by atoms with Crippen LogP contribution in [0.3, 0.4) is 0 Å². The van der Waals surface area contributed by atoms with E-state index in [1.165, 1.54) is 12.1 Å². The number of carboxylic acid groups (broad SMARTS) is 2. The van der Waals surface area contributed by atoms with Crippen molar-refractivity contribution in [2.24, 2.45) is 0 Å². The molecule has 0 bridgehead atoms. The number of hydrogen-bond donors (Lipinski definition) is 3. The van der Waals surface area contributed by atoms with Gasteiger partial charge >= 0.3 is 11.9 Å². The van der Waals surface area contributed by atoms with E-state index in [1.807, 2.05) is 35.1 Å². The molecule has 25 heavy (non-hydrogen) atoms. The van der Waals surface area contributed by atoms with E-state index in [2.05, 4.69) is 0 Å². The summed E-state index contributed by atoms with van der Waals surface area (Å²) in [6.45, 7) is 0. The van der Waals surface area contributed by atoms with E-state index in [1.54, 1.807) is 12.1 Å². The largest absolute Gasteiger partial charge is 0.481 e. The molecule has 0 aliphatic heterocycles. The molecule has 0 unspecified atom stereocenters. The second-order valence-corrected chi connectivity index (χ2v) is 7.05. The summed E-state index contributed by atoms with van der Waals surface area (Å²) in [4.78, 5) is 21.6. The molecule has 8 heteroatoms. The van der Waals surface area contributed by atoms with Gasteiger partial charge in [0.05, 0.1) is 4.90 Å². The van der Waals surface area contributed by atoms with Crippen LogP contribution in [0.25, 0.3) is 11.1 Å². The molecule has 0 aliphatic rings. The molecule has 0 aromatic heterocycles. The first-order valence-corrected chi connectivity index (χ1v) is 8.90. The zero-order chi connectivity index (χ0) is 18.4. The maximum Gasteiger partial charge on any atom is 0.321 e. The van der Waals surface area contributed by atoms with Gasteiger partial charge in [-0.05, 0) is 29.7 Å². The minimum absolute atomic E-state index is 0.0891. The van der Waals surface area contributed by atoms with Crippen molar-refractivity contribution < 1.29 is 28.2 Å². The minimum atomic E-state index is -4.08. The van der Waals surface area contributed by atoms with Gasteiger partial charge in [-0.2, -0.15) is 4.72 Å². The Kier molecular flexibility index (Phi) is 5.89. The lowest BCUT2D eigenvalue weighted by molar-refractivity contribution is -0.140. The summed E-state index contributed by atoms with van der Waals surface area (Å²) in [6, 6.07) is 13.9. The molecule has 7 nitrogen and oxygen atoms in total. The van der Waals surface area contributed by atoms with E-state index in [-0.39, 0.29) is 11.3 Å². The van der Waals surface area contributed by atoms with Crippen LogP contribution in [-0.4, -0.2) is 36.6 Å². The standard InChI is InChI=1S/C17H17NO6S/c19-16(20)11-10-15(17(21)22)18-25(23,24)14-8-6-13(7-9-14)12-4-2-1-3-5-12/h1-9,15,18H,10-11H2,(H,19,20)(H,21,22)/t15-/m1/s1. The topological polar surface area (TPSA) is 121 Å². The number of nitrogens with one attached hydrogen (secondary N) is 1. The van der Waals surface area contributed by atoms with Crippen LogP contribution in [0, 0.1) is 0 Å². The average molecular weight is 363 g/mol. The molecule has 0 saturated carbocycles. The highest BCUT2D eigenvalue weighted by Crippen LogP contribution is 2.21. The first kappa shape index (κ1) is 18.6. The number of hydrogen-bond acceptors (Lipinski definition) is 4. The van der Waals surface area contributed by atoms with Gasteiger partial charge in [0.1, 0.15) is 6.04 Å². The smallest absolute Gasteiger partial charge is 0.321 e. The summed E-state index contributed by atoms with van der Waals surface area (Å²) in [5.41, 5.74) is 1.74. The average Bonchev–Trinajstić information content (AvgIpc) is 2.59. The molecule has 0 aliphatic carbocycles.